The number of hydrogen-bond acceptors (Lipinski definition) is 5. The maximum Gasteiger partial charge on any atom is 0.255 e. The van der Waals surface area contributed by atoms with E-state index in [4.69, 9.17) is 11.6 Å². The Bertz CT molecular complexity index is 1180. The second-order valence-electron chi connectivity index (χ2n) is 7.25. The van der Waals surface area contributed by atoms with Crippen LogP contribution in [-0.4, -0.2) is 35.0 Å². The van der Waals surface area contributed by atoms with Gasteiger partial charge in [0.15, 0.2) is 11.6 Å². The van der Waals surface area contributed by atoms with Crippen molar-refractivity contribution in [1.82, 2.24) is 15.5 Å². The highest BCUT2D eigenvalue weighted by atomic mass is 35.5. The third-order valence-electron chi connectivity index (χ3n) is 5.34. The Hall–Kier alpha value is -3.42. The van der Waals surface area contributed by atoms with Gasteiger partial charge in [-0.15, -0.1) is 0 Å². The average molecular weight is 420 g/mol. The monoisotopic (exact) mass is 419 g/mol. The van der Waals surface area contributed by atoms with Crippen molar-refractivity contribution in [3.05, 3.63) is 87.7 Å². The predicted molar refractivity (Wildman–Crippen MR) is 115 cm³/mol. The number of halogens is 1. The van der Waals surface area contributed by atoms with Crippen LogP contribution in [0.3, 0.4) is 0 Å². The number of aromatic amines is 1. The minimum Gasteiger partial charge on any atom is -0.340 e. The smallest absolute Gasteiger partial charge is 0.255 e. The zero-order valence-electron chi connectivity index (χ0n) is 15.8. The fourth-order valence-corrected chi connectivity index (χ4v) is 4.10. The van der Waals surface area contributed by atoms with Gasteiger partial charge in [-0.1, -0.05) is 23.7 Å². The van der Waals surface area contributed by atoms with Crippen molar-refractivity contribution < 1.29 is 9.59 Å². The minimum atomic E-state index is -0.253. The predicted octanol–water partition coefficient (Wildman–Crippen LogP) is 3.30. The van der Waals surface area contributed by atoms with Gasteiger partial charge < -0.3 is 16.0 Å². The van der Waals surface area contributed by atoms with E-state index >= 15 is 0 Å². The lowest BCUT2D eigenvalue weighted by atomic mass is 9.79. The minimum absolute atomic E-state index is 0.0520. The summed E-state index contributed by atoms with van der Waals surface area (Å²) < 4.78 is 0. The SMILES string of the molecule is O=C1CNCC2=C1C(c1cccc(NC(=O)c3ccc(Cl)cc3)c1)c1c[nH]nc1N2. The van der Waals surface area contributed by atoms with Gasteiger partial charge in [0, 0.05) is 51.8 Å². The lowest BCUT2D eigenvalue weighted by Gasteiger charge is -2.31. The molecule has 0 fully saturated rings. The maximum absolute atomic E-state index is 12.7. The number of H-pyrrole nitrogens is 1. The Kier molecular flexibility index (Phi) is 4.61. The molecule has 0 bridgehead atoms. The van der Waals surface area contributed by atoms with Crippen LogP contribution >= 0.6 is 11.6 Å². The van der Waals surface area contributed by atoms with Crippen LogP contribution in [-0.2, 0) is 4.79 Å². The Morgan fingerprint density at radius 2 is 1.97 bits per heavy atom. The molecule has 0 saturated heterocycles. The summed E-state index contributed by atoms with van der Waals surface area (Å²) in [4.78, 5) is 25.3. The number of rotatable bonds is 3. The van der Waals surface area contributed by atoms with E-state index in [2.05, 4.69) is 26.1 Å². The van der Waals surface area contributed by atoms with Crippen LogP contribution in [0.1, 0.15) is 27.4 Å². The number of hydrogen-bond donors (Lipinski definition) is 4. The molecule has 30 heavy (non-hydrogen) atoms. The van der Waals surface area contributed by atoms with Gasteiger partial charge in [-0.2, -0.15) is 5.10 Å². The molecule has 0 aliphatic carbocycles. The molecular weight excluding hydrogens is 402 g/mol. The highest BCUT2D eigenvalue weighted by Crippen LogP contribution is 2.42. The Morgan fingerprint density at radius 3 is 2.80 bits per heavy atom. The highest BCUT2D eigenvalue weighted by molar-refractivity contribution is 6.30. The summed E-state index contributed by atoms with van der Waals surface area (Å²) in [7, 11) is 0. The van der Waals surface area contributed by atoms with Crippen molar-refractivity contribution in [2.24, 2.45) is 0 Å². The number of aromatic nitrogens is 2. The molecule has 1 amide bonds. The number of ketones is 1. The van der Waals surface area contributed by atoms with Crippen molar-refractivity contribution in [2.75, 3.05) is 23.7 Å². The number of carbonyl (C=O) groups is 2. The molecule has 3 heterocycles. The molecular formula is C22H18ClN5O2. The van der Waals surface area contributed by atoms with Crippen LogP contribution in [0, 0.1) is 0 Å². The van der Waals surface area contributed by atoms with E-state index in [1.54, 1.807) is 24.3 Å². The normalized spacial score (nSPS) is 17.8. The maximum atomic E-state index is 12.7. The largest absolute Gasteiger partial charge is 0.340 e. The molecule has 2 aliphatic heterocycles. The van der Waals surface area contributed by atoms with Crippen molar-refractivity contribution in [2.45, 2.75) is 5.92 Å². The van der Waals surface area contributed by atoms with Crippen molar-refractivity contribution in [3.8, 4) is 0 Å². The van der Waals surface area contributed by atoms with Gasteiger partial charge in [0.25, 0.3) is 5.91 Å². The number of amides is 1. The molecule has 3 aromatic rings. The molecule has 4 N–H and O–H groups in total. The Balaban J connectivity index is 1.50. The van der Waals surface area contributed by atoms with Crippen LogP contribution < -0.4 is 16.0 Å². The molecule has 0 saturated carbocycles. The van der Waals surface area contributed by atoms with Crippen LogP contribution in [0.15, 0.2) is 66.0 Å². The van der Waals surface area contributed by atoms with E-state index in [0.29, 0.717) is 35.2 Å². The topological polar surface area (TPSA) is 98.9 Å². The van der Waals surface area contributed by atoms with Crippen LogP contribution in [0.4, 0.5) is 11.5 Å². The van der Waals surface area contributed by atoms with E-state index < -0.39 is 0 Å². The number of Topliss-reactive ketones (excluding diaryl/α,β-unsaturated/α-hetero) is 1. The van der Waals surface area contributed by atoms with Gasteiger partial charge in [-0.25, -0.2) is 0 Å². The van der Waals surface area contributed by atoms with Crippen molar-refractivity contribution >= 4 is 34.8 Å². The van der Waals surface area contributed by atoms with Crippen molar-refractivity contribution in [1.29, 1.82) is 0 Å². The summed E-state index contributed by atoms with van der Waals surface area (Å²) in [6.45, 7) is 0.883. The zero-order valence-corrected chi connectivity index (χ0v) is 16.6. The molecule has 1 aromatic heterocycles. The van der Waals surface area contributed by atoms with Gasteiger partial charge in [0.05, 0.1) is 6.54 Å². The first-order valence-corrected chi connectivity index (χ1v) is 9.92. The summed E-state index contributed by atoms with van der Waals surface area (Å²) in [5, 5.41) is 17.0. The van der Waals surface area contributed by atoms with E-state index in [1.165, 1.54) is 0 Å². The van der Waals surface area contributed by atoms with Crippen LogP contribution in [0.2, 0.25) is 5.02 Å². The molecule has 7 nitrogen and oxygen atoms in total. The lowest BCUT2D eigenvalue weighted by molar-refractivity contribution is -0.115. The van der Waals surface area contributed by atoms with E-state index in [9.17, 15) is 9.59 Å². The summed E-state index contributed by atoms with van der Waals surface area (Å²) in [6.07, 6.45) is 1.81. The van der Waals surface area contributed by atoms with Crippen LogP contribution in [0.25, 0.3) is 0 Å². The van der Waals surface area contributed by atoms with E-state index in [0.717, 1.165) is 22.4 Å². The van der Waals surface area contributed by atoms with Gasteiger partial charge in [0.2, 0.25) is 0 Å². The summed E-state index contributed by atoms with van der Waals surface area (Å²) in [5.41, 5.74) is 4.57. The summed E-state index contributed by atoms with van der Waals surface area (Å²) in [6, 6.07) is 14.3. The molecule has 2 aliphatic rings. The number of fused-ring (bicyclic) bond motifs is 1. The fraction of sp³-hybridized carbons (Fsp3) is 0.136. The standard InChI is InChI=1S/C22H18ClN5O2/c23-14-6-4-12(5-7-14)22(30)26-15-3-1-2-13(8-15)19-16-9-25-28-21(16)27-17-10-24-11-18(29)20(17)19/h1-9,19,24H,10-11H2,(H,26,30)(H2,25,27,28). The van der Waals surface area contributed by atoms with Gasteiger partial charge in [-0.3, -0.25) is 14.7 Å². The Labute approximate surface area is 177 Å². The number of anilines is 2. The number of nitrogens with zero attached hydrogens (tertiary/aromatic N) is 1. The lowest BCUT2D eigenvalue weighted by Crippen LogP contribution is -2.39. The molecule has 2 aromatic carbocycles. The third-order valence-corrected chi connectivity index (χ3v) is 5.59. The van der Waals surface area contributed by atoms with Gasteiger partial charge in [-0.05, 0) is 42.0 Å². The second-order valence-corrected chi connectivity index (χ2v) is 7.69. The molecule has 150 valence electrons. The number of nitrogens with one attached hydrogen (secondary N) is 4. The molecule has 5 rings (SSSR count). The molecule has 0 spiro atoms. The van der Waals surface area contributed by atoms with Crippen molar-refractivity contribution in [3.63, 3.8) is 0 Å². The van der Waals surface area contributed by atoms with Gasteiger partial charge in [0.1, 0.15) is 0 Å². The number of benzene rings is 2. The quantitative estimate of drug-likeness (QED) is 0.522. The Morgan fingerprint density at radius 1 is 1.13 bits per heavy atom. The average Bonchev–Trinajstić information content (AvgIpc) is 3.21. The first kappa shape index (κ1) is 18.6. The third kappa shape index (κ3) is 3.28. The fourth-order valence-electron chi connectivity index (χ4n) is 3.97. The summed E-state index contributed by atoms with van der Waals surface area (Å²) in [5.74, 6) is 0.287. The van der Waals surface area contributed by atoms with Crippen LogP contribution in [0.5, 0.6) is 0 Å². The summed E-state index contributed by atoms with van der Waals surface area (Å²) >= 11 is 5.90. The molecule has 1 unspecified atom stereocenters. The first-order valence-electron chi connectivity index (χ1n) is 9.54. The molecule has 1 atom stereocenters. The van der Waals surface area contributed by atoms with E-state index in [-0.39, 0.29) is 17.6 Å². The highest BCUT2D eigenvalue weighted by Gasteiger charge is 2.36. The second kappa shape index (κ2) is 7.44. The first-order chi connectivity index (χ1) is 14.6. The number of carbonyl (C=O) groups excluding carboxylic acids is 2. The van der Waals surface area contributed by atoms with E-state index in [1.807, 2.05) is 30.5 Å². The zero-order chi connectivity index (χ0) is 20.7. The van der Waals surface area contributed by atoms with Gasteiger partial charge >= 0.3 is 0 Å². The molecule has 8 heteroatoms. The molecule has 0 radical (unpaired) electrons.